The fourth-order valence-corrected chi connectivity index (χ4v) is 3.11. The van der Waals surface area contributed by atoms with Crippen LogP contribution in [0.1, 0.15) is 5.76 Å². The summed E-state index contributed by atoms with van der Waals surface area (Å²) in [5.74, 6) is 0.387. The first kappa shape index (κ1) is 21.3. The van der Waals surface area contributed by atoms with Crippen LogP contribution < -0.4 is 20.3 Å². The Morgan fingerprint density at radius 2 is 2.03 bits per heavy atom. The van der Waals surface area contributed by atoms with Crippen LogP contribution in [0.4, 0.5) is 15.9 Å². The molecule has 9 nitrogen and oxygen atoms in total. The number of nitrogens with one attached hydrogen (secondary N) is 2. The smallest absolute Gasteiger partial charge is 0.290 e. The molecule has 0 atom stereocenters. The van der Waals surface area contributed by atoms with E-state index in [9.17, 15) is 9.18 Å². The van der Waals surface area contributed by atoms with E-state index in [2.05, 4.69) is 15.3 Å². The molecule has 0 unspecified atom stereocenters. The van der Waals surface area contributed by atoms with Gasteiger partial charge in [-0.05, 0) is 30.3 Å². The number of hydroxylamine groups is 1. The van der Waals surface area contributed by atoms with Crippen molar-refractivity contribution in [2.75, 3.05) is 12.4 Å². The lowest BCUT2D eigenvalue weighted by Crippen LogP contribution is -2.20. The number of aromatic nitrogens is 2. The monoisotopic (exact) mass is 458 g/mol. The van der Waals surface area contributed by atoms with Gasteiger partial charge in [0.1, 0.15) is 23.7 Å². The highest BCUT2D eigenvalue weighted by molar-refractivity contribution is 6.31. The zero-order chi connectivity index (χ0) is 22.7. The molecule has 0 aliphatic heterocycles. The number of furan rings is 1. The number of methoxy groups -OCH3 is 1. The second-order valence-electron chi connectivity index (χ2n) is 6.53. The Kier molecular flexibility index (Phi) is 6.06. The predicted molar refractivity (Wildman–Crippen MR) is 113 cm³/mol. The van der Waals surface area contributed by atoms with Gasteiger partial charge in [0.2, 0.25) is 0 Å². The lowest BCUT2D eigenvalue weighted by Gasteiger charge is -2.13. The molecule has 4 rings (SSSR count). The van der Waals surface area contributed by atoms with Crippen molar-refractivity contribution in [1.82, 2.24) is 15.4 Å². The highest BCUT2D eigenvalue weighted by Crippen LogP contribution is 2.38. The summed E-state index contributed by atoms with van der Waals surface area (Å²) in [6, 6.07) is 10.6. The average molecular weight is 459 g/mol. The number of fused-ring (bicyclic) bond motifs is 1. The fourth-order valence-electron chi connectivity index (χ4n) is 2.93. The van der Waals surface area contributed by atoms with Gasteiger partial charge in [-0.2, -0.15) is 0 Å². The minimum absolute atomic E-state index is 0.0254. The van der Waals surface area contributed by atoms with Crippen molar-refractivity contribution in [3.63, 3.8) is 0 Å². The molecule has 164 valence electrons. The third kappa shape index (κ3) is 4.56. The van der Waals surface area contributed by atoms with E-state index < -0.39 is 11.7 Å². The number of nitrogens with zero attached hydrogens (tertiary/aromatic N) is 2. The van der Waals surface area contributed by atoms with Crippen LogP contribution in [0.15, 0.2) is 53.2 Å². The molecular weight excluding hydrogens is 443 g/mol. The number of hydrogen-bond donors (Lipinski definition) is 3. The van der Waals surface area contributed by atoms with Crippen LogP contribution in [0, 0.1) is 5.82 Å². The van der Waals surface area contributed by atoms with Crippen LogP contribution in [-0.2, 0) is 11.2 Å². The maximum absolute atomic E-state index is 13.5. The Morgan fingerprint density at radius 3 is 2.78 bits per heavy atom. The number of amides is 1. The average Bonchev–Trinajstić information content (AvgIpc) is 3.22. The molecule has 2 heterocycles. The molecule has 0 spiro atoms. The van der Waals surface area contributed by atoms with Gasteiger partial charge in [0.25, 0.3) is 11.9 Å². The first-order valence-electron chi connectivity index (χ1n) is 9.21. The lowest BCUT2D eigenvalue weighted by molar-refractivity contribution is -0.128. The third-order valence-corrected chi connectivity index (χ3v) is 4.70. The van der Waals surface area contributed by atoms with Gasteiger partial charge in [0.15, 0.2) is 11.5 Å². The maximum Gasteiger partial charge on any atom is 0.290 e. The van der Waals surface area contributed by atoms with Crippen molar-refractivity contribution in [1.29, 1.82) is 0 Å². The standard InChI is InChI=1S/C21H16ClFN4O5/c1-30-17-9-16-13(8-18(17)32-20-5-3-12(31-20)7-19(28)27-29)21(25-10-24-16)26-11-2-4-15(23)14(22)6-11/h2-6,8-10,29H,7H2,1H3,(H,27,28)(H,24,25,26). The summed E-state index contributed by atoms with van der Waals surface area (Å²) < 4.78 is 30.1. The molecule has 0 saturated carbocycles. The maximum atomic E-state index is 13.5. The Bertz CT molecular complexity index is 1300. The number of anilines is 2. The van der Waals surface area contributed by atoms with E-state index >= 15 is 0 Å². The molecular formula is C21H16ClFN4O5. The summed E-state index contributed by atoms with van der Waals surface area (Å²) in [6.45, 7) is 0. The molecule has 4 aromatic rings. The van der Waals surface area contributed by atoms with Gasteiger partial charge in [-0.25, -0.2) is 19.8 Å². The minimum atomic E-state index is -0.622. The van der Waals surface area contributed by atoms with Gasteiger partial charge >= 0.3 is 0 Å². The molecule has 0 fully saturated rings. The van der Waals surface area contributed by atoms with Gasteiger partial charge in [-0.3, -0.25) is 10.0 Å². The van der Waals surface area contributed by atoms with E-state index in [0.717, 1.165) is 0 Å². The molecule has 0 saturated heterocycles. The quantitative estimate of drug-likeness (QED) is 0.271. The normalized spacial score (nSPS) is 10.8. The summed E-state index contributed by atoms with van der Waals surface area (Å²) in [7, 11) is 1.48. The molecule has 0 bridgehead atoms. The molecule has 0 radical (unpaired) electrons. The number of halogens is 2. The third-order valence-electron chi connectivity index (χ3n) is 4.41. The van der Waals surface area contributed by atoms with Crippen LogP contribution in [0.2, 0.25) is 5.02 Å². The van der Waals surface area contributed by atoms with Crippen molar-refractivity contribution >= 4 is 39.9 Å². The van der Waals surface area contributed by atoms with Gasteiger partial charge in [-0.15, -0.1) is 0 Å². The molecule has 0 aliphatic rings. The highest BCUT2D eigenvalue weighted by Gasteiger charge is 2.15. The Labute approximate surface area is 185 Å². The van der Waals surface area contributed by atoms with Crippen LogP contribution in [0.3, 0.4) is 0 Å². The number of hydrogen-bond acceptors (Lipinski definition) is 8. The van der Waals surface area contributed by atoms with E-state index in [1.54, 1.807) is 18.2 Å². The van der Waals surface area contributed by atoms with Gasteiger partial charge in [-0.1, -0.05) is 11.6 Å². The highest BCUT2D eigenvalue weighted by atomic mass is 35.5. The SMILES string of the molecule is COc1cc2ncnc(Nc3ccc(F)c(Cl)c3)c2cc1Oc1ccc(CC(=O)NO)o1. The molecule has 2 aromatic heterocycles. The Balaban J connectivity index is 1.67. The molecule has 1 amide bonds. The van der Waals surface area contributed by atoms with Crippen molar-refractivity contribution in [3.05, 3.63) is 65.4 Å². The van der Waals surface area contributed by atoms with Crippen LogP contribution in [0.5, 0.6) is 17.4 Å². The number of carbonyl (C=O) groups excluding carboxylic acids is 1. The van der Waals surface area contributed by atoms with Crippen molar-refractivity contribution in [2.45, 2.75) is 6.42 Å². The lowest BCUT2D eigenvalue weighted by atomic mass is 10.2. The number of carbonyl (C=O) groups is 1. The number of rotatable bonds is 7. The van der Waals surface area contributed by atoms with E-state index in [4.69, 9.17) is 30.7 Å². The summed E-state index contributed by atoms with van der Waals surface area (Å²) in [6.07, 6.45) is 1.22. The summed E-state index contributed by atoms with van der Waals surface area (Å²) in [5.41, 5.74) is 2.64. The second-order valence-corrected chi connectivity index (χ2v) is 6.94. The molecule has 3 N–H and O–H groups in total. The Morgan fingerprint density at radius 1 is 1.19 bits per heavy atom. The van der Waals surface area contributed by atoms with E-state index in [0.29, 0.717) is 39.7 Å². The van der Waals surface area contributed by atoms with Crippen molar-refractivity contribution < 1.29 is 28.3 Å². The van der Waals surface area contributed by atoms with Gasteiger partial charge in [0.05, 0.1) is 24.1 Å². The Hall–Kier alpha value is -3.89. The molecule has 2 aromatic carbocycles. The summed E-state index contributed by atoms with van der Waals surface area (Å²) in [4.78, 5) is 19.8. The van der Waals surface area contributed by atoms with Crippen molar-refractivity contribution in [2.24, 2.45) is 0 Å². The van der Waals surface area contributed by atoms with E-state index in [1.165, 1.54) is 43.2 Å². The topological polar surface area (TPSA) is 119 Å². The fraction of sp³-hybridized carbons (Fsp3) is 0.0952. The van der Waals surface area contributed by atoms with Crippen LogP contribution >= 0.6 is 11.6 Å². The molecule has 11 heteroatoms. The number of ether oxygens (including phenoxy) is 2. The zero-order valence-corrected chi connectivity index (χ0v) is 17.3. The molecule has 0 aliphatic carbocycles. The van der Waals surface area contributed by atoms with E-state index in [1.807, 2.05) is 0 Å². The predicted octanol–water partition coefficient (Wildman–Crippen LogP) is 4.61. The van der Waals surface area contributed by atoms with Crippen molar-refractivity contribution in [3.8, 4) is 17.4 Å². The summed E-state index contributed by atoms with van der Waals surface area (Å²) in [5, 5.41) is 12.3. The minimum Gasteiger partial charge on any atom is -0.493 e. The number of benzene rings is 2. The first-order valence-corrected chi connectivity index (χ1v) is 9.59. The van der Waals surface area contributed by atoms with Crippen LogP contribution in [-0.4, -0.2) is 28.2 Å². The molecule has 32 heavy (non-hydrogen) atoms. The van der Waals surface area contributed by atoms with Crippen LogP contribution in [0.25, 0.3) is 10.9 Å². The second kappa shape index (κ2) is 9.08. The summed E-state index contributed by atoms with van der Waals surface area (Å²) >= 11 is 5.86. The van der Waals surface area contributed by atoms with Gasteiger partial charge in [0, 0.05) is 23.2 Å². The van der Waals surface area contributed by atoms with Gasteiger partial charge < -0.3 is 19.2 Å². The first-order chi connectivity index (χ1) is 15.5. The zero-order valence-electron chi connectivity index (χ0n) is 16.6. The largest absolute Gasteiger partial charge is 0.493 e. The van der Waals surface area contributed by atoms with E-state index in [-0.39, 0.29) is 17.4 Å².